The van der Waals surface area contributed by atoms with Crippen LogP contribution in [-0.2, 0) is 12.8 Å². The molecule has 4 heterocycles. The maximum absolute atomic E-state index is 5.20. The lowest BCUT2D eigenvalue weighted by molar-refractivity contribution is 0.958. The van der Waals surface area contributed by atoms with E-state index < -0.39 is 0 Å². The molecule has 3 aromatic carbocycles. The summed E-state index contributed by atoms with van der Waals surface area (Å²) in [6.07, 6.45) is 1.79. The SMILES string of the molecule is c1ccc(-c2ccc3c(n2)N2c4nc(-c5ccccc5)ccc4Cc4cccc(c42)C3)cc1. The number of fused-ring (bicyclic) bond motifs is 4. The molecule has 3 nitrogen and oxygen atoms in total. The molecule has 33 heavy (non-hydrogen) atoms. The molecule has 0 radical (unpaired) electrons. The Morgan fingerprint density at radius 3 is 1.42 bits per heavy atom. The van der Waals surface area contributed by atoms with Gasteiger partial charge in [-0.3, -0.25) is 4.90 Å². The minimum atomic E-state index is 0.894. The predicted molar refractivity (Wildman–Crippen MR) is 133 cm³/mol. The highest BCUT2D eigenvalue weighted by Gasteiger charge is 2.33. The van der Waals surface area contributed by atoms with Crippen molar-refractivity contribution < 1.29 is 0 Å². The van der Waals surface area contributed by atoms with Crippen molar-refractivity contribution in [3.05, 3.63) is 125 Å². The molecule has 5 aromatic rings. The summed E-state index contributed by atoms with van der Waals surface area (Å²) in [6.45, 7) is 0. The Morgan fingerprint density at radius 2 is 0.939 bits per heavy atom. The van der Waals surface area contributed by atoms with E-state index in [0.717, 1.165) is 47.0 Å². The lowest BCUT2D eigenvalue weighted by Crippen LogP contribution is -2.26. The molecule has 2 aliphatic rings. The molecule has 7 rings (SSSR count). The van der Waals surface area contributed by atoms with Crippen molar-refractivity contribution in [1.29, 1.82) is 0 Å². The number of anilines is 3. The Hall–Kier alpha value is -4.24. The van der Waals surface area contributed by atoms with E-state index in [4.69, 9.17) is 9.97 Å². The van der Waals surface area contributed by atoms with Crippen molar-refractivity contribution in [3.8, 4) is 22.5 Å². The molecule has 0 aliphatic carbocycles. The molecule has 0 amide bonds. The highest BCUT2D eigenvalue weighted by atomic mass is 15.3. The number of nitrogens with zero attached hydrogens (tertiary/aromatic N) is 3. The van der Waals surface area contributed by atoms with Crippen molar-refractivity contribution in [1.82, 2.24) is 9.97 Å². The van der Waals surface area contributed by atoms with Gasteiger partial charge in [0.05, 0.1) is 17.1 Å². The van der Waals surface area contributed by atoms with Crippen molar-refractivity contribution in [2.24, 2.45) is 0 Å². The predicted octanol–water partition coefficient (Wildman–Crippen LogP) is 7.09. The van der Waals surface area contributed by atoms with E-state index >= 15 is 0 Å². The number of para-hydroxylation sites is 1. The molecule has 0 saturated heterocycles. The fourth-order valence-corrected chi connectivity index (χ4v) is 5.10. The Bertz CT molecular complexity index is 1400. The summed E-state index contributed by atoms with van der Waals surface area (Å²) < 4.78 is 0. The summed E-state index contributed by atoms with van der Waals surface area (Å²) in [5.74, 6) is 1.99. The van der Waals surface area contributed by atoms with Crippen LogP contribution in [0.4, 0.5) is 17.3 Å². The van der Waals surface area contributed by atoms with E-state index in [2.05, 4.69) is 95.9 Å². The third kappa shape index (κ3) is 2.90. The van der Waals surface area contributed by atoms with Crippen molar-refractivity contribution >= 4 is 17.3 Å². The summed E-state index contributed by atoms with van der Waals surface area (Å²) in [7, 11) is 0. The van der Waals surface area contributed by atoms with Crippen LogP contribution in [0.3, 0.4) is 0 Å². The Balaban J connectivity index is 1.46. The maximum atomic E-state index is 5.20. The number of pyridine rings is 2. The van der Waals surface area contributed by atoms with Gasteiger partial charge in [0.1, 0.15) is 11.6 Å². The molecule has 3 heteroatoms. The summed E-state index contributed by atoms with van der Waals surface area (Å²) in [4.78, 5) is 12.7. The number of hydrogen-bond donors (Lipinski definition) is 0. The van der Waals surface area contributed by atoms with Gasteiger partial charge >= 0.3 is 0 Å². The van der Waals surface area contributed by atoms with Crippen LogP contribution < -0.4 is 4.90 Å². The second-order valence-corrected chi connectivity index (χ2v) is 8.70. The molecular formula is C30H21N3. The van der Waals surface area contributed by atoms with Crippen LogP contribution in [0.25, 0.3) is 22.5 Å². The molecule has 0 spiro atoms. The van der Waals surface area contributed by atoms with Gasteiger partial charge in [0.2, 0.25) is 0 Å². The highest BCUT2D eigenvalue weighted by Crippen LogP contribution is 2.49. The smallest absolute Gasteiger partial charge is 0.143 e. The average Bonchev–Trinajstić information content (AvgIpc) is 2.89. The highest BCUT2D eigenvalue weighted by molar-refractivity contribution is 5.87. The minimum Gasteiger partial charge on any atom is -0.278 e. The lowest BCUT2D eigenvalue weighted by Gasteiger charge is -2.37. The largest absolute Gasteiger partial charge is 0.278 e. The van der Waals surface area contributed by atoms with Crippen LogP contribution >= 0.6 is 0 Å². The van der Waals surface area contributed by atoms with Gasteiger partial charge in [-0.2, -0.15) is 0 Å². The van der Waals surface area contributed by atoms with E-state index in [0.29, 0.717) is 0 Å². The van der Waals surface area contributed by atoms with Crippen LogP contribution in [0.2, 0.25) is 0 Å². The Labute approximate surface area is 193 Å². The van der Waals surface area contributed by atoms with E-state index in [1.54, 1.807) is 0 Å². The fourth-order valence-electron chi connectivity index (χ4n) is 5.10. The lowest BCUT2D eigenvalue weighted by atomic mass is 9.89. The number of hydrogen-bond acceptors (Lipinski definition) is 3. The van der Waals surface area contributed by atoms with Gasteiger partial charge in [0.15, 0.2) is 0 Å². The molecule has 0 fully saturated rings. The van der Waals surface area contributed by atoms with Gasteiger partial charge < -0.3 is 0 Å². The first-order valence-corrected chi connectivity index (χ1v) is 11.4. The number of aromatic nitrogens is 2. The van der Waals surface area contributed by atoms with Gasteiger partial charge in [-0.05, 0) is 34.4 Å². The molecule has 0 saturated carbocycles. The Morgan fingerprint density at radius 1 is 0.455 bits per heavy atom. The van der Waals surface area contributed by atoms with Gasteiger partial charge in [0.25, 0.3) is 0 Å². The summed E-state index contributed by atoms with van der Waals surface area (Å²) >= 11 is 0. The fraction of sp³-hybridized carbons (Fsp3) is 0.0667. The zero-order valence-electron chi connectivity index (χ0n) is 18.1. The zero-order valence-corrected chi connectivity index (χ0v) is 18.1. The van der Waals surface area contributed by atoms with Gasteiger partial charge in [-0.1, -0.05) is 91.0 Å². The van der Waals surface area contributed by atoms with Crippen molar-refractivity contribution in [3.63, 3.8) is 0 Å². The Kier molecular flexibility index (Phi) is 3.97. The minimum absolute atomic E-state index is 0.894. The van der Waals surface area contributed by atoms with Gasteiger partial charge in [-0.15, -0.1) is 0 Å². The first kappa shape index (κ1) is 18.3. The van der Waals surface area contributed by atoms with Crippen LogP contribution in [-0.4, -0.2) is 9.97 Å². The van der Waals surface area contributed by atoms with E-state index in [-0.39, 0.29) is 0 Å². The first-order valence-electron chi connectivity index (χ1n) is 11.4. The summed E-state index contributed by atoms with van der Waals surface area (Å²) in [5.41, 5.74) is 10.6. The third-order valence-corrected chi connectivity index (χ3v) is 6.66. The first-order chi connectivity index (χ1) is 16.3. The topological polar surface area (TPSA) is 29.0 Å². The average molecular weight is 424 g/mol. The van der Waals surface area contributed by atoms with Crippen molar-refractivity contribution in [2.45, 2.75) is 12.8 Å². The van der Waals surface area contributed by atoms with E-state index in [9.17, 15) is 0 Å². The quantitative estimate of drug-likeness (QED) is 0.297. The standard InChI is InChI=1S/C30H21N3/c1-3-8-20(9-4-1)26-16-14-24-18-22-12-7-13-23-19-25-15-17-27(21-10-5-2-6-11-21)32-30(25)33(28(22)23)29(24)31-26/h1-17H,18-19H2. The molecule has 156 valence electrons. The van der Waals surface area contributed by atoms with Crippen LogP contribution in [0, 0.1) is 0 Å². The number of rotatable bonds is 2. The monoisotopic (exact) mass is 423 g/mol. The molecule has 0 atom stereocenters. The molecule has 2 aromatic heterocycles. The second-order valence-electron chi connectivity index (χ2n) is 8.70. The molecule has 0 N–H and O–H groups in total. The molecule has 0 unspecified atom stereocenters. The summed E-state index contributed by atoms with van der Waals surface area (Å²) in [5, 5.41) is 0. The van der Waals surface area contributed by atoms with Gasteiger partial charge in [0, 0.05) is 24.0 Å². The normalized spacial score (nSPS) is 13.2. The van der Waals surface area contributed by atoms with Crippen LogP contribution in [0.1, 0.15) is 22.3 Å². The van der Waals surface area contributed by atoms with E-state index in [1.807, 2.05) is 12.1 Å². The van der Waals surface area contributed by atoms with Crippen LogP contribution in [0.15, 0.2) is 103 Å². The maximum Gasteiger partial charge on any atom is 0.143 e. The molecule has 0 bridgehead atoms. The van der Waals surface area contributed by atoms with E-state index in [1.165, 1.54) is 27.9 Å². The van der Waals surface area contributed by atoms with Crippen LogP contribution in [0.5, 0.6) is 0 Å². The number of benzene rings is 3. The van der Waals surface area contributed by atoms with Crippen molar-refractivity contribution in [2.75, 3.05) is 4.90 Å². The molecule has 2 aliphatic heterocycles. The third-order valence-electron chi connectivity index (χ3n) is 6.66. The second kappa shape index (κ2) is 7.14. The summed E-state index contributed by atoms with van der Waals surface area (Å²) in [6, 6.07) is 36.2. The van der Waals surface area contributed by atoms with Gasteiger partial charge in [-0.25, -0.2) is 9.97 Å². The molecular weight excluding hydrogens is 402 g/mol. The zero-order chi connectivity index (χ0) is 21.8.